The molecule has 1 fully saturated rings. The van der Waals surface area contributed by atoms with Crippen LogP contribution in [0.25, 0.3) is 11.7 Å². The molecule has 1 amide bonds. The molecule has 2 aromatic heterocycles. The van der Waals surface area contributed by atoms with Crippen LogP contribution in [0.1, 0.15) is 28.2 Å². The normalized spacial score (nSPS) is 17.5. The molecule has 0 aliphatic carbocycles. The summed E-state index contributed by atoms with van der Waals surface area (Å²) in [7, 11) is 6.91. The van der Waals surface area contributed by atoms with E-state index in [0.29, 0.717) is 35.7 Å². The minimum atomic E-state index is -0.953. The largest absolute Gasteiger partial charge is 0.495 e. The maximum Gasteiger partial charge on any atom is 0.253 e. The van der Waals surface area contributed by atoms with Gasteiger partial charge in [0, 0.05) is 38.9 Å². The van der Waals surface area contributed by atoms with Crippen molar-refractivity contribution in [3.05, 3.63) is 60.1 Å². The summed E-state index contributed by atoms with van der Waals surface area (Å²) in [6.45, 7) is 5.53. The van der Waals surface area contributed by atoms with Gasteiger partial charge in [0.05, 0.1) is 36.8 Å². The molecular formula is C28H33FN6O2. The number of aromatic nitrogens is 2. The second-order valence-electron chi connectivity index (χ2n) is 9.25. The number of amides is 1. The smallest absolute Gasteiger partial charge is 0.253 e. The van der Waals surface area contributed by atoms with E-state index in [1.165, 1.54) is 4.90 Å². The lowest BCUT2D eigenvalue weighted by molar-refractivity contribution is 0.0827. The van der Waals surface area contributed by atoms with Crippen molar-refractivity contribution in [3.63, 3.8) is 0 Å². The third kappa shape index (κ3) is 5.70. The molecule has 0 bridgehead atoms. The van der Waals surface area contributed by atoms with Gasteiger partial charge in [-0.05, 0) is 55.8 Å². The van der Waals surface area contributed by atoms with Gasteiger partial charge in [-0.15, -0.1) is 0 Å². The number of nitrogens with zero attached hydrogens (tertiary/aromatic N) is 4. The van der Waals surface area contributed by atoms with Crippen LogP contribution in [0.3, 0.4) is 0 Å². The number of methoxy groups -OCH3 is 1. The van der Waals surface area contributed by atoms with Crippen molar-refractivity contribution in [1.82, 2.24) is 19.2 Å². The van der Waals surface area contributed by atoms with Crippen molar-refractivity contribution in [2.45, 2.75) is 18.6 Å². The summed E-state index contributed by atoms with van der Waals surface area (Å²) < 4.78 is 22.0. The number of likely N-dealkylation sites (tertiary alicyclic amines) is 1. The molecule has 1 aliphatic heterocycles. The van der Waals surface area contributed by atoms with Gasteiger partial charge < -0.3 is 25.2 Å². The first-order chi connectivity index (χ1) is 17.8. The predicted octanol–water partition coefficient (Wildman–Crippen LogP) is 3.61. The summed E-state index contributed by atoms with van der Waals surface area (Å²) in [6, 6.07) is 8.81. The Kier molecular flexibility index (Phi) is 7.99. The number of hydrogen-bond donors (Lipinski definition) is 2. The van der Waals surface area contributed by atoms with Crippen molar-refractivity contribution < 1.29 is 13.9 Å². The van der Waals surface area contributed by atoms with E-state index < -0.39 is 6.17 Å². The number of fused-ring (bicyclic) bond motifs is 1. The number of rotatable bonds is 7. The first kappa shape index (κ1) is 26.0. The number of imidazole rings is 1. The highest BCUT2D eigenvalue weighted by Gasteiger charge is 2.28. The van der Waals surface area contributed by atoms with E-state index in [1.807, 2.05) is 34.7 Å². The van der Waals surface area contributed by atoms with Crippen LogP contribution >= 0.6 is 0 Å². The molecule has 0 unspecified atom stereocenters. The maximum absolute atomic E-state index is 14.6. The SMILES string of the molecule is C=Cc1c(C#CCNc2ccc(C(=O)N(C)C)cc2OC)nc2c(N[C@@H]3CCN(C)C[C@@H]3F)cccn12. The second-order valence-corrected chi connectivity index (χ2v) is 9.25. The van der Waals surface area contributed by atoms with Gasteiger partial charge in [0.2, 0.25) is 0 Å². The molecule has 1 aliphatic rings. The molecule has 37 heavy (non-hydrogen) atoms. The molecule has 0 spiro atoms. The average molecular weight is 505 g/mol. The molecule has 9 heteroatoms. The fourth-order valence-electron chi connectivity index (χ4n) is 4.40. The molecule has 2 N–H and O–H groups in total. The first-order valence-corrected chi connectivity index (χ1v) is 12.2. The summed E-state index contributed by atoms with van der Waals surface area (Å²) in [5.41, 5.74) is 4.09. The van der Waals surface area contributed by atoms with Gasteiger partial charge in [0.15, 0.2) is 5.65 Å². The number of carbonyl (C=O) groups excluding carboxylic acids is 1. The number of alkyl halides is 1. The Labute approximate surface area is 217 Å². The zero-order chi connectivity index (χ0) is 26.5. The molecule has 1 saturated heterocycles. The van der Waals surface area contributed by atoms with E-state index in [1.54, 1.807) is 45.5 Å². The van der Waals surface area contributed by atoms with Crippen LogP contribution in [0.5, 0.6) is 5.75 Å². The number of anilines is 2. The molecular weight excluding hydrogens is 471 g/mol. The molecule has 1 aromatic carbocycles. The summed E-state index contributed by atoms with van der Waals surface area (Å²) in [5, 5.41) is 6.59. The van der Waals surface area contributed by atoms with Crippen LogP contribution < -0.4 is 15.4 Å². The van der Waals surface area contributed by atoms with Gasteiger partial charge >= 0.3 is 0 Å². The molecule has 2 atom stereocenters. The van der Waals surface area contributed by atoms with E-state index in [2.05, 4.69) is 29.1 Å². The molecule has 194 valence electrons. The molecule has 8 nitrogen and oxygen atoms in total. The number of halogens is 1. The lowest BCUT2D eigenvalue weighted by Gasteiger charge is -2.33. The Balaban J connectivity index is 1.52. The fraction of sp³-hybridized carbons (Fsp3) is 0.357. The van der Waals surface area contributed by atoms with Crippen LogP contribution in [0.2, 0.25) is 0 Å². The zero-order valence-electron chi connectivity index (χ0n) is 21.7. The fourth-order valence-corrected chi connectivity index (χ4v) is 4.40. The number of pyridine rings is 1. The summed E-state index contributed by atoms with van der Waals surface area (Å²) in [5.74, 6) is 6.69. The number of ether oxygens (including phenoxy) is 1. The average Bonchev–Trinajstić information content (AvgIpc) is 3.26. The van der Waals surface area contributed by atoms with Gasteiger partial charge in [-0.2, -0.15) is 0 Å². The summed E-state index contributed by atoms with van der Waals surface area (Å²) in [4.78, 5) is 20.5. The molecule has 0 saturated carbocycles. The Morgan fingerprint density at radius 1 is 1.35 bits per heavy atom. The highest BCUT2D eigenvalue weighted by atomic mass is 19.1. The van der Waals surface area contributed by atoms with Crippen LogP contribution in [0.15, 0.2) is 43.1 Å². The topological polar surface area (TPSA) is 74.1 Å². The quantitative estimate of drug-likeness (QED) is 0.479. The van der Waals surface area contributed by atoms with E-state index in [-0.39, 0.29) is 11.9 Å². The minimum Gasteiger partial charge on any atom is -0.495 e. The predicted molar refractivity (Wildman–Crippen MR) is 146 cm³/mol. The Morgan fingerprint density at radius 2 is 2.16 bits per heavy atom. The van der Waals surface area contributed by atoms with Crippen molar-refractivity contribution >= 4 is 29.0 Å². The van der Waals surface area contributed by atoms with Crippen molar-refractivity contribution in [3.8, 4) is 17.6 Å². The van der Waals surface area contributed by atoms with Gasteiger partial charge in [0.25, 0.3) is 5.91 Å². The summed E-state index contributed by atoms with van der Waals surface area (Å²) >= 11 is 0. The van der Waals surface area contributed by atoms with Crippen molar-refractivity contribution in [2.24, 2.45) is 0 Å². The zero-order valence-corrected chi connectivity index (χ0v) is 21.7. The number of carbonyl (C=O) groups is 1. The van der Waals surface area contributed by atoms with E-state index in [0.717, 1.165) is 30.0 Å². The number of piperidine rings is 1. The van der Waals surface area contributed by atoms with Gasteiger partial charge in [0.1, 0.15) is 17.6 Å². The maximum atomic E-state index is 14.6. The van der Waals surface area contributed by atoms with Gasteiger partial charge in [-0.25, -0.2) is 9.37 Å². The highest BCUT2D eigenvalue weighted by molar-refractivity contribution is 5.95. The third-order valence-corrected chi connectivity index (χ3v) is 6.39. The number of nitrogens with one attached hydrogen (secondary N) is 2. The third-order valence-electron chi connectivity index (χ3n) is 6.39. The number of benzene rings is 1. The van der Waals surface area contributed by atoms with Gasteiger partial charge in [-0.1, -0.05) is 12.5 Å². The van der Waals surface area contributed by atoms with E-state index >= 15 is 0 Å². The highest BCUT2D eigenvalue weighted by Crippen LogP contribution is 2.26. The molecule has 4 rings (SSSR count). The van der Waals surface area contributed by atoms with Crippen LogP contribution in [-0.2, 0) is 0 Å². The minimum absolute atomic E-state index is 0.0971. The van der Waals surface area contributed by atoms with Crippen molar-refractivity contribution in [2.75, 3.05) is 58.5 Å². The van der Waals surface area contributed by atoms with Crippen LogP contribution in [0.4, 0.5) is 15.8 Å². The van der Waals surface area contributed by atoms with E-state index in [9.17, 15) is 9.18 Å². The van der Waals surface area contributed by atoms with E-state index in [4.69, 9.17) is 9.72 Å². The Morgan fingerprint density at radius 3 is 2.86 bits per heavy atom. The number of hydrogen-bond acceptors (Lipinski definition) is 6. The second kappa shape index (κ2) is 11.4. The van der Waals surface area contributed by atoms with Gasteiger partial charge in [-0.3, -0.25) is 9.20 Å². The first-order valence-electron chi connectivity index (χ1n) is 12.2. The van der Waals surface area contributed by atoms with Crippen LogP contribution in [-0.4, -0.2) is 85.2 Å². The molecule has 3 heterocycles. The Bertz CT molecular complexity index is 1360. The van der Waals surface area contributed by atoms with Crippen LogP contribution in [0, 0.1) is 11.8 Å². The standard InChI is InChI=1S/C28H33FN6O2/c1-6-25-22(9-7-14-30-23-12-11-19(17-26(23)37-5)28(36)33(2)3)32-27-24(10-8-15-35(25)27)31-21-13-16-34(4)18-20(21)29/h6,8,10-12,15,17,20-21,30-31H,1,13-14,16,18H2,2-5H3/t20-,21+/m0/s1. The lowest BCUT2D eigenvalue weighted by Crippen LogP contribution is -2.46. The van der Waals surface area contributed by atoms with Crippen molar-refractivity contribution in [1.29, 1.82) is 0 Å². The Hall–Kier alpha value is -4.03. The monoisotopic (exact) mass is 504 g/mol. The summed E-state index contributed by atoms with van der Waals surface area (Å²) in [6.07, 6.45) is 3.39. The molecule has 0 radical (unpaired) electrons. The lowest BCUT2D eigenvalue weighted by atomic mass is 10.0. The molecule has 3 aromatic rings.